The number of carbonyl (C=O) groups is 1. The molecule has 0 radical (unpaired) electrons. The van der Waals surface area contributed by atoms with E-state index in [9.17, 15) is 4.79 Å². The van der Waals surface area contributed by atoms with Crippen molar-refractivity contribution in [2.75, 3.05) is 0 Å². The molecule has 17 heavy (non-hydrogen) atoms. The number of fused-ring (bicyclic) bond motifs is 2. The molecule has 2 N–H and O–H groups in total. The van der Waals surface area contributed by atoms with Crippen LogP contribution in [0.15, 0.2) is 11.6 Å². The highest BCUT2D eigenvalue weighted by molar-refractivity contribution is 5.98. The lowest BCUT2D eigenvalue weighted by atomic mass is 9.79. The molecule has 0 aliphatic heterocycles. The highest BCUT2D eigenvalue weighted by Gasteiger charge is 2.49. The van der Waals surface area contributed by atoms with Crippen LogP contribution in [0.1, 0.15) is 51.4 Å². The third-order valence-corrected chi connectivity index (χ3v) is 5.14. The van der Waals surface area contributed by atoms with Crippen LogP contribution in [0.2, 0.25) is 0 Å². The molecule has 0 amide bonds. The second-order valence-corrected chi connectivity index (χ2v) is 6.13. The zero-order valence-electron chi connectivity index (χ0n) is 10.5. The Bertz CT molecular complexity index is 345. The lowest BCUT2D eigenvalue weighted by Gasteiger charge is -2.27. The topological polar surface area (TPSA) is 43.1 Å². The van der Waals surface area contributed by atoms with E-state index in [0.717, 1.165) is 18.4 Å². The zero-order chi connectivity index (χ0) is 11.8. The maximum absolute atomic E-state index is 12.6. The Hall–Kier alpha value is -0.630. The first-order valence-corrected chi connectivity index (χ1v) is 7.26. The quantitative estimate of drug-likeness (QED) is 0.797. The Kier molecular flexibility index (Phi) is 3.08. The van der Waals surface area contributed by atoms with Crippen molar-refractivity contribution in [3.8, 4) is 0 Å². The van der Waals surface area contributed by atoms with Gasteiger partial charge in [0, 0.05) is 12.0 Å². The van der Waals surface area contributed by atoms with E-state index in [1.807, 2.05) is 0 Å². The van der Waals surface area contributed by atoms with Gasteiger partial charge in [-0.2, -0.15) is 0 Å². The molecular formula is C15H23NO. The second kappa shape index (κ2) is 4.56. The molecule has 0 aromatic heterocycles. The summed E-state index contributed by atoms with van der Waals surface area (Å²) in [6.07, 6.45) is 11.7. The predicted molar refractivity (Wildman–Crippen MR) is 68.5 cm³/mol. The first-order valence-electron chi connectivity index (χ1n) is 7.26. The molecule has 2 nitrogen and oxygen atoms in total. The van der Waals surface area contributed by atoms with Crippen LogP contribution < -0.4 is 5.73 Å². The van der Waals surface area contributed by atoms with Crippen LogP contribution >= 0.6 is 0 Å². The van der Waals surface area contributed by atoms with Crippen molar-refractivity contribution in [1.29, 1.82) is 0 Å². The summed E-state index contributed by atoms with van der Waals surface area (Å²) in [7, 11) is 0. The van der Waals surface area contributed by atoms with E-state index in [1.54, 1.807) is 0 Å². The summed E-state index contributed by atoms with van der Waals surface area (Å²) >= 11 is 0. The van der Waals surface area contributed by atoms with Gasteiger partial charge in [0.25, 0.3) is 0 Å². The Morgan fingerprint density at radius 3 is 2.76 bits per heavy atom. The van der Waals surface area contributed by atoms with Crippen molar-refractivity contribution in [3.05, 3.63) is 11.6 Å². The molecule has 2 fully saturated rings. The first-order chi connectivity index (χ1) is 8.27. The molecule has 0 aromatic carbocycles. The smallest absolute Gasteiger partial charge is 0.163 e. The average Bonchev–Trinajstić information content (AvgIpc) is 2.79. The normalized spacial score (nSPS) is 41.1. The van der Waals surface area contributed by atoms with Gasteiger partial charge >= 0.3 is 0 Å². The third kappa shape index (κ3) is 1.97. The van der Waals surface area contributed by atoms with Gasteiger partial charge in [0.2, 0.25) is 0 Å². The largest absolute Gasteiger partial charge is 0.327 e. The first kappa shape index (κ1) is 11.5. The Morgan fingerprint density at radius 2 is 2.00 bits per heavy atom. The van der Waals surface area contributed by atoms with E-state index in [-0.39, 0.29) is 12.0 Å². The fraction of sp³-hybridized carbons (Fsp3) is 0.800. The molecule has 2 bridgehead atoms. The third-order valence-electron chi connectivity index (χ3n) is 5.14. The number of hydrogen-bond donors (Lipinski definition) is 1. The Morgan fingerprint density at radius 1 is 1.18 bits per heavy atom. The van der Waals surface area contributed by atoms with Crippen molar-refractivity contribution in [1.82, 2.24) is 0 Å². The highest BCUT2D eigenvalue weighted by Crippen LogP contribution is 2.48. The van der Waals surface area contributed by atoms with E-state index < -0.39 is 0 Å². The molecular weight excluding hydrogens is 210 g/mol. The van der Waals surface area contributed by atoms with Gasteiger partial charge in [0.05, 0.1) is 0 Å². The van der Waals surface area contributed by atoms with Gasteiger partial charge in [-0.3, -0.25) is 4.79 Å². The number of rotatable bonds is 2. The van der Waals surface area contributed by atoms with Crippen LogP contribution in [0.4, 0.5) is 0 Å². The van der Waals surface area contributed by atoms with Crippen LogP contribution in [0.25, 0.3) is 0 Å². The molecule has 2 saturated carbocycles. The van der Waals surface area contributed by atoms with Crippen LogP contribution in [-0.2, 0) is 4.79 Å². The molecule has 0 aromatic rings. The van der Waals surface area contributed by atoms with Crippen molar-refractivity contribution in [2.45, 2.75) is 57.4 Å². The molecule has 2 heteroatoms. The minimum Gasteiger partial charge on any atom is -0.327 e. The maximum atomic E-state index is 12.6. The molecule has 4 unspecified atom stereocenters. The molecule has 0 saturated heterocycles. The SMILES string of the molecule is NC1C2CCC(C2)C1C(=O)C1=CCCCCC1. The minimum absolute atomic E-state index is 0.158. The van der Waals surface area contributed by atoms with Crippen LogP contribution in [0.5, 0.6) is 0 Å². The van der Waals surface area contributed by atoms with Crippen LogP contribution in [-0.4, -0.2) is 11.8 Å². The second-order valence-electron chi connectivity index (χ2n) is 6.13. The molecule has 4 atom stereocenters. The van der Waals surface area contributed by atoms with Gasteiger partial charge in [0.15, 0.2) is 5.78 Å². The van der Waals surface area contributed by atoms with Gasteiger partial charge in [-0.1, -0.05) is 12.5 Å². The van der Waals surface area contributed by atoms with Crippen LogP contribution in [0, 0.1) is 17.8 Å². The number of Topliss-reactive ketones (excluding diaryl/α,β-unsaturated/α-hetero) is 1. The minimum atomic E-state index is 0.158. The van der Waals surface area contributed by atoms with Gasteiger partial charge in [-0.05, 0) is 62.4 Å². The molecule has 94 valence electrons. The monoisotopic (exact) mass is 233 g/mol. The Labute approximate surface area is 104 Å². The zero-order valence-corrected chi connectivity index (χ0v) is 10.5. The number of carbonyl (C=O) groups excluding carboxylic acids is 1. The fourth-order valence-electron chi connectivity index (χ4n) is 4.18. The highest BCUT2D eigenvalue weighted by atomic mass is 16.1. The van der Waals surface area contributed by atoms with Crippen molar-refractivity contribution >= 4 is 5.78 Å². The summed E-state index contributed by atoms with van der Waals surface area (Å²) < 4.78 is 0. The van der Waals surface area contributed by atoms with Gasteiger partial charge in [-0.15, -0.1) is 0 Å². The van der Waals surface area contributed by atoms with Crippen LogP contribution in [0.3, 0.4) is 0 Å². The van der Waals surface area contributed by atoms with E-state index in [2.05, 4.69) is 6.08 Å². The van der Waals surface area contributed by atoms with Gasteiger partial charge in [-0.25, -0.2) is 0 Å². The summed E-state index contributed by atoms with van der Waals surface area (Å²) in [5.74, 6) is 1.82. The Balaban J connectivity index is 1.75. The van der Waals surface area contributed by atoms with Crippen molar-refractivity contribution < 1.29 is 4.79 Å². The van der Waals surface area contributed by atoms with E-state index >= 15 is 0 Å². The van der Waals surface area contributed by atoms with Crippen molar-refractivity contribution in [2.24, 2.45) is 23.5 Å². The summed E-state index contributed by atoms with van der Waals surface area (Å²) in [5, 5.41) is 0. The van der Waals surface area contributed by atoms with E-state index in [0.29, 0.717) is 17.6 Å². The molecule has 3 aliphatic rings. The summed E-state index contributed by atoms with van der Waals surface area (Å²) in [6.45, 7) is 0. The molecule has 3 rings (SSSR count). The average molecular weight is 233 g/mol. The van der Waals surface area contributed by atoms with Gasteiger partial charge < -0.3 is 5.73 Å². The molecule has 0 spiro atoms. The van der Waals surface area contributed by atoms with E-state index in [4.69, 9.17) is 5.73 Å². The number of ketones is 1. The fourth-order valence-corrected chi connectivity index (χ4v) is 4.18. The van der Waals surface area contributed by atoms with Crippen molar-refractivity contribution in [3.63, 3.8) is 0 Å². The molecule has 0 heterocycles. The number of hydrogen-bond acceptors (Lipinski definition) is 2. The summed E-state index contributed by atoms with van der Waals surface area (Å²) in [6, 6.07) is 0.158. The molecule has 3 aliphatic carbocycles. The predicted octanol–water partition coefficient (Wildman–Crippen LogP) is 2.82. The number of allylic oxidation sites excluding steroid dienone is 2. The number of nitrogens with two attached hydrogens (primary N) is 1. The van der Waals surface area contributed by atoms with E-state index in [1.165, 1.54) is 38.5 Å². The summed E-state index contributed by atoms with van der Waals surface area (Å²) in [5.41, 5.74) is 7.37. The lowest BCUT2D eigenvalue weighted by Crippen LogP contribution is -2.40. The maximum Gasteiger partial charge on any atom is 0.163 e. The summed E-state index contributed by atoms with van der Waals surface area (Å²) in [4.78, 5) is 12.6. The lowest BCUT2D eigenvalue weighted by molar-refractivity contribution is -0.121. The van der Waals surface area contributed by atoms with Gasteiger partial charge in [0.1, 0.15) is 0 Å². The standard InChI is InChI=1S/C15H23NO/c16-14-12-8-7-11(9-12)13(14)15(17)10-5-3-1-2-4-6-10/h5,11-14H,1-4,6-9,16H2.